The molecule has 0 fully saturated rings. The molecular formula is C23H22ClF2N7O. The number of halogens is 3. The number of aromatic nitrogens is 6. The molecule has 0 aliphatic carbocycles. The highest BCUT2D eigenvalue weighted by molar-refractivity contribution is 6.30. The molecule has 4 aromatic rings. The van der Waals surface area contributed by atoms with Crippen LogP contribution in [-0.2, 0) is 25.2 Å². The zero-order chi connectivity index (χ0) is 23.9. The number of hydrogen-bond acceptors (Lipinski definition) is 6. The molecule has 0 radical (unpaired) electrons. The van der Waals surface area contributed by atoms with Crippen LogP contribution in [0.5, 0.6) is 0 Å². The van der Waals surface area contributed by atoms with Crippen LogP contribution in [0.3, 0.4) is 0 Å². The van der Waals surface area contributed by atoms with Gasteiger partial charge in [0.1, 0.15) is 35.7 Å². The normalized spacial score (nSPS) is 16.7. The third-order valence-corrected chi connectivity index (χ3v) is 6.52. The van der Waals surface area contributed by atoms with Crippen LogP contribution in [0.1, 0.15) is 18.3 Å². The van der Waals surface area contributed by atoms with Crippen molar-refractivity contribution in [3.05, 3.63) is 83.2 Å². The molecule has 8 nitrogen and oxygen atoms in total. The molecule has 1 aliphatic heterocycles. The third-order valence-electron chi connectivity index (χ3n) is 6.28. The topological polar surface area (TPSA) is 84.9 Å². The van der Waals surface area contributed by atoms with Crippen LogP contribution in [0.4, 0.5) is 8.78 Å². The zero-order valence-electron chi connectivity index (χ0n) is 18.3. The van der Waals surface area contributed by atoms with E-state index in [1.807, 2.05) is 28.6 Å². The summed E-state index contributed by atoms with van der Waals surface area (Å²) >= 11 is 6.11. The Kier molecular flexibility index (Phi) is 5.88. The Morgan fingerprint density at radius 2 is 2.03 bits per heavy atom. The molecule has 0 saturated carbocycles. The minimum atomic E-state index is -1.72. The van der Waals surface area contributed by atoms with Crippen molar-refractivity contribution in [3.63, 3.8) is 0 Å². The maximum atomic E-state index is 14.9. The van der Waals surface area contributed by atoms with E-state index in [-0.39, 0.29) is 12.1 Å². The predicted octanol–water partition coefficient (Wildman–Crippen LogP) is 3.26. The van der Waals surface area contributed by atoms with Crippen LogP contribution in [0.2, 0.25) is 5.02 Å². The maximum Gasteiger partial charge on any atom is 0.181 e. The van der Waals surface area contributed by atoms with Gasteiger partial charge in [-0.05, 0) is 25.1 Å². The fraction of sp³-hybridized carbons (Fsp3) is 0.304. The van der Waals surface area contributed by atoms with Gasteiger partial charge in [0, 0.05) is 34.8 Å². The molecule has 176 valence electrons. The number of nitrogens with zero attached hydrogens (tertiary/aromatic N) is 7. The van der Waals surface area contributed by atoms with Crippen molar-refractivity contribution in [2.24, 2.45) is 0 Å². The Morgan fingerprint density at radius 3 is 2.76 bits per heavy atom. The summed E-state index contributed by atoms with van der Waals surface area (Å²) in [4.78, 5) is 10.6. The lowest BCUT2D eigenvalue weighted by Gasteiger charge is -2.42. The van der Waals surface area contributed by atoms with Crippen molar-refractivity contribution in [1.82, 2.24) is 34.4 Å². The van der Waals surface area contributed by atoms with Crippen molar-refractivity contribution in [2.45, 2.75) is 38.2 Å². The lowest BCUT2D eigenvalue weighted by Crippen LogP contribution is -2.53. The zero-order valence-corrected chi connectivity index (χ0v) is 19.1. The number of benzene rings is 2. The van der Waals surface area contributed by atoms with Crippen molar-refractivity contribution in [2.75, 3.05) is 6.54 Å². The molecule has 3 heterocycles. The van der Waals surface area contributed by atoms with E-state index in [1.54, 1.807) is 12.1 Å². The molecule has 0 bridgehead atoms. The summed E-state index contributed by atoms with van der Waals surface area (Å²) in [5.41, 5.74) is -0.919. The van der Waals surface area contributed by atoms with Gasteiger partial charge in [-0.2, -0.15) is 10.2 Å². The van der Waals surface area contributed by atoms with Gasteiger partial charge in [0.15, 0.2) is 5.82 Å². The van der Waals surface area contributed by atoms with Crippen LogP contribution >= 0.6 is 11.6 Å². The molecule has 1 N–H and O–H groups in total. The van der Waals surface area contributed by atoms with Gasteiger partial charge >= 0.3 is 0 Å². The molecule has 1 aliphatic rings. The van der Waals surface area contributed by atoms with Crippen LogP contribution < -0.4 is 0 Å². The molecule has 2 aromatic carbocycles. The van der Waals surface area contributed by atoms with Crippen molar-refractivity contribution in [1.29, 1.82) is 0 Å². The van der Waals surface area contributed by atoms with Crippen LogP contribution in [0.25, 0.3) is 11.4 Å². The molecular weight excluding hydrogens is 464 g/mol. The van der Waals surface area contributed by atoms with Gasteiger partial charge in [0.05, 0.1) is 19.6 Å². The number of hydrogen-bond donors (Lipinski definition) is 1. The molecule has 2 atom stereocenters. The van der Waals surface area contributed by atoms with Crippen molar-refractivity contribution in [3.8, 4) is 11.4 Å². The van der Waals surface area contributed by atoms with E-state index in [0.29, 0.717) is 30.5 Å². The smallest absolute Gasteiger partial charge is 0.181 e. The van der Waals surface area contributed by atoms with E-state index in [2.05, 4.69) is 20.2 Å². The fourth-order valence-electron chi connectivity index (χ4n) is 4.38. The summed E-state index contributed by atoms with van der Waals surface area (Å²) in [6, 6.07) is 9.95. The van der Waals surface area contributed by atoms with Gasteiger partial charge in [-0.15, -0.1) is 0 Å². The van der Waals surface area contributed by atoms with Crippen LogP contribution in [0, 0.1) is 11.6 Å². The highest BCUT2D eigenvalue weighted by Gasteiger charge is 2.43. The quantitative estimate of drug-likeness (QED) is 0.451. The summed E-state index contributed by atoms with van der Waals surface area (Å²) < 4.78 is 31.7. The van der Waals surface area contributed by atoms with Crippen LogP contribution in [0.15, 0.2) is 55.1 Å². The Hall–Kier alpha value is -3.21. The minimum absolute atomic E-state index is 0.0106. The average Bonchev–Trinajstić information content (AvgIpc) is 3.47. The Balaban J connectivity index is 1.46. The first-order valence-corrected chi connectivity index (χ1v) is 11.2. The monoisotopic (exact) mass is 485 g/mol. The van der Waals surface area contributed by atoms with Gasteiger partial charge in [-0.3, -0.25) is 4.90 Å². The van der Waals surface area contributed by atoms with E-state index < -0.39 is 23.3 Å². The summed E-state index contributed by atoms with van der Waals surface area (Å²) in [7, 11) is 0. The standard InChI is InChI=1S/C23H22ClF2N7O/c1-15(23(34,12-32-14-27-13-28-32)19-6-5-18(25)10-20(19)26)31-7-8-33-21(11-31)29-22(30-33)16-3-2-4-17(24)9-16/h2-6,9-10,13-15,34H,7-8,11-12H2,1H3. The van der Waals surface area contributed by atoms with Gasteiger partial charge in [-0.1, -0.05) is 29.8 Å². The third kappa shape index (κ3) is 4.20. The van der Waals surface area contributed by atoms with Gasteiger partial charge < -0.3 is 5.11 Å². The van der Waals surface area contributed by atoms with E-state index in [0.717, 1.165) is 23.5 Å². The van der Waals surface area contributed by atoms with Gasteiger partial charge in [0.25, 0.3) is 0 Å². The minimum Gasteiger partial charge on any atom is -0.381 e. The predicted molar refractivity (Wildman–Crippen MR) is 121 cm³/mol. The second-order valence-corrected chi connectivity index (χ2v) is 8.81. The lowest BCUT2D eigenvalue weighted by molar-refractivity contribution is -0.0714. The maximum absolute atomic E-state index is 14.9. The molecule has 0 amide bonds. The number of aliphatic hydroxyl groups is 1. The molecule has 5 rings (SSSR count). The highest BCUT2D eigenvalue weighted by atomic mass is 35.5. The van der Waals surface area contributed by atoms with E-state index >= 15 is 0 Å². The largest absolute Gasteiger partial charge is 0.381 e. The van der Waals surface area contributed by atoms with E-state index in [4.69, 9.17) is 11.6 Å². The Bertz CT molecular complexity index is 1310. The summed E-state index contributed by atoms with van der Waals surface area (Å²) in [6.07, 6.45) is 2.79. The van der Waals surface area contributed by atoms with Crippen LogP contribution in [-0.4, -0.2) is 52.1 Å². The van der Waals surface area contributed by atoms with Gasteiger partial charge in [-0.25, -0.2) is 28.1 Å². The first-order chi connectivity index (χ1) is 16.3. The molecule has 11 heteroatoms. The summed E-state index contributed by atoms with van der Waals surface area (Å²) in [5.74, 6) is -0.250. The van der Waals surface area contributed by atoms with E-state index in [1.165, 1.54) is 23.4 Å². The number of rotatable bonds is 6. The second-order valence-electron chi connectivity index (χ2n) is 8.37. The van der Waals surface area contributed by atoms with Gasteiger partial charge in [0.2, 0.25) is 0 Å². The molecule has 2 unspecified atom stereocenters. The van der Waals surface area contributed by atoms with Crippen molar-refractivity contribution < 1.29 is 13.9 Å². The lowest BCUT2D eigenvalue weighted by atomic mass is 9.85. The average molecular weight is 486 g/mol. The van der Waals surface area contributed by atoms with Crippen molar-refractivity contribution >= 4 is 11.6 Å². The second kappa shape index (κ2) is 8.86. The summed E-state index contributed by atoms with van der Waals surface area (Å²) in [6.45, 7) is 3.22. The summed E-state index contributed by atoms with van der Waals surface area (Å²) in [5, 5.41) is 21.1. The first kappa shape index (κ1) is 22.6. The highest BCUT2D eigenvalue weighted by Crippen LogP contribution is 2.34. The Morgan fingerprint density at radius 1 is 1.18 bits per heavy atom. The SMILES string of the molecule is CC(N1CCn2nc(-c3cccc(Cl)c3)nc2C1)C(O)(Cn1cncn1)c1ccc(F)cc1F. The molecule has 0 saturated heterocycles. The first-order valence-electron chi connectivity index (χ1n) is 10.8. The molecule has 2 aromatic heterocycles. The molecule has 0 spiro atoms. The molecule has 34 heavy (non-hydrogen) atoms. The van der Waals surface area contributed by atoms with E-state index in [9.17, 15) is 13.9 Å². The fourth-order valence-corrected chi connectivity index (χ4v) is 4.57. The number of fused-ring (bicyclic) bond motifs is 1. The Labute approximate surface area is 199 Å².